The second-order valence-electron chi connectivity index (χ2n) is 8.05. The summed E-state index contributed by atoms with van der Waals surface area (Å²) in [6.45, 7) is 5.69. The standard InChI is InChI=1S/C20H31N3O2/c1-15-14-21-19(16-8-12-25-13-9-16)23(15)18-6-10-22(11-7-18)20(24)17-4-2-3-5-17/h14,16-18H,2-13H2,1H3. The lowest BCUT2D eigenvalue weighted by Gasteiger charge is -2.36. The molecule has 3 aliphatic rings. The molecular weight excluding hydrogens is 314 g/mol. The molecule has 5 nitrogen and oxygen atoms in total. The van der Waals surface area contributed by atoms with E-state index in [1.165, 1.54) is 24.4 Å². The Hall–Kier alpha value is -1.36. The first-order valence-electron chi connectivity index (χ1n) is 10.1. The second kappa shape index (κ2) is 7.48. The highest BCUT2D eigenvalue weighted by atomic mass is 16.5. The molecule has 2 aliphatic heterocycles. The van der Waals surface area contributed by atoms with Crippen LogP contribution in [0.25, 0.3) is 0 Å². The molecule has 1 amide bonds. The molecule has 25 heavy (non-hydrogen) atoms. The lowest BCUT2D eigenvalue weighted by Crippen LogP contribution is -2.42. The Morgan fingerprint density at radius 2 is 1.76 bits per heavy atom. The van der Waals surface area contributed by atoms with Gasteiger partial charge in [-0.25, -0.2) is 4.98 Å². The zero-order valence-corrected chi connectivity index (χ0v) is 15.5. The van der Waals surface area contributed by atoms with Crippen LogP contribution in [0.2, 0.25) is 0 Å². The number of hydrogen-bond donors (Lipinski definition) is 0. The van der Waals surface area contributed by atoms with Gasteiger partial charge in [-0.1, -0.05) is 12.8 Å². The van der Waals surface area contributed by atoms with Crippen molar-refractivity contribution in [3.63, 3.8) is 0 Å². The molecule has 5 heteroatoms. The maximum atomic E-state index is 12.7. The van der Waals surface area contributed by atoms with Gasteiger partial charge in [0.1, 0.15) is 5.82 Å². The number of carbonyl (C=O) groups is 1. The summed E-state index contributed by atoms with van der Waals surface area (Å²) in [6.07, 6.45) is 11.0. The minimum Gasteiger partial charge on any atom is -0.381 e. The van der Waals surface area contributed by atoms with Crippen molar-refractivity contribution in [2.24, 2.45) is 5.92 Å². The van der Waals surface area contributed by atoms with E-state index >= 15 is 0 Å². The largest absolute Gasteiger partial charge is 0.381 e. The molecule has 0 bridgehead atoms. The first-order chi connectivity index (χ1) is 12.2. The normalized spacial score (nSPS) is 24.1. The van der Waals surface area contributed by atoms with Crippen molar-refractivity contribution in [2.75, 3.05) is 26.3 Å². The van der Waals surface area contributed by atoms with Gasteiger partial charge in [0.2, 0.25) is 5.91 Å². The number of ether oxygens (including phenoxy) is 1. The molecule has 0 radical (unpaired) electrons. The van der Waals surface area contributed by atoms with Crippen molar-refractivity contribution < 1.29 is 9.53 Å². The third-order valence-electron chi connectivity index (χ3n) is 6.44. The molecule has 1 aromatic rings. The van der Waals surface area contributed by atoms with Crippen molar-refractivity contribution in [3.8, 4) is 0 Å². The van der Waals surface area contributed by atoms with E-state index in [-0.39, 0.29) is 0 Å². The fourth-order valence-electron chi connectivity index (χ4n) is 4.97. The summed E-state index contributed by atoms with van der Waals surface area (Å²) in [7, 11) is 0. The SMILES string of the molecule is Cc1cnc(C2CCOCC2)n1C1CCN(C(=O)C2CCCC2)CC1. The van der Waals surface area contributed by atoms with Gasteiger partial charge in [0.15, 0.2) is 0 Å². The molecule has 1 saturated carbocycles. The molecule has 0 spiro atoms. The van der Waals surface area contributed by atoms with Gasteiger partial charge in [-0.3, -0.25) is 4.79 Å². The highest BCUT2D eigenvalue weighted by Gasteiger charge is 2.32. The average molecular weight is 345 g/mol. The van der Waals surface area contributed by atoms with E-state index in [9.17, 15) is 4.79 Å². The van der Waals surface area contributed by atoms with Gasteiger partial charge in [-0.15, -0.1) is 0 Å². The van der Waals surface area contributed by atoms with Gasteiger partial charge in [0.25, 0.3) is 0 Å². The Morgan fingerprint density at radius 3 is 2.44 bits per heavy atom. The van der Waals surface area contributed by atoms with Crippen LogP contribution in [0.4, 0.5) is 0 Å². The van der Waals surface area contributed by atoms with Gasteiger partial charge in [0.05, 0.1) is 0 Å². The van der Waals surface area contributed by atoms with Crippen LogP contribution in [0.3, 0.4) is 0 Å². The van der Waals surface area contributed by atoms with E-state index in [2.05, 4.69) is 16.4 Å². The third kappa shape index (κ3) is 3.48. The van der Waals surface area contributed by atoms with Gasteiger partial charge in [0, 0.05) is 56.1 Å². The predicted octanol–water partition coefficient (Wildman–Crippen LogP) is 3.44. The molecule has 1 aromatic heterocycles. The summed E-state index contributed by atoms with van der Waals surface area (Å²) < 4.78 is 8.00. The quantitative estimate of drug-likeness (QED) is 0.843. The van der Waals surface area contributed by atoms with Gasteiger partial charge >= 0.3 is 0 Å². The Labute approximate surface area is 150 Å². The Morgan fingerprint density at radius 1 is 1.08 bits per heavy atom. The predicted molar refractivity (Wildman–Crippen MR) is 96.6 cm³/mol. The van der Waals surface area contributed by atoms with E-state index in [1.54, 1.807) is 0 Å². The van der Waals surface area contributed by atoms with Crippen molar-refractivity contribution >= 4 is 5.91 Å². The van der Waals surface area contributed by atoms with Crippen molar-refractivity contribution in [1.82, 2.24) is 14.5 Å². The van der Waals surface area contributed by atoms with Gasteiger partial charge in [-0.05, 0) is 45.4 Å². The van der Waals surface area contributed by atoms with Crippen LogP contribution in [0, 0.1) is 12.8 Å². The average Bonchev–Trinajstić information content (AvgIpc) is 3.32. The van der Waals surface area contributed by atoms with Crippen LogP contribution in [0.5, 0.6) is 0 Å². The second-order valence-corrected chi connectivity index (χ2v) is 8.05. The molecule has 0 aromatic carbocycles. The topological polar surface area (TPSA) is 47.4 Å². The van der Waals surface area contributed by atoms with Crippen LogP contribution in [0.15, 0.2) is 6.20 Å². The number of imidazole rings is 1. The van der Waals surface area contributed by atoms with Crippen molar-refractivity contribution in [1.29, 1.82) is 0 Å². The first-order valence-corrected chi connectivity index (χ1v) is 10.1. The fraction of sp³-hybridized carbons (Fsp3) is 0.800. The Bertz CT molecular complexity index is 592. The molecule has 1 aliphatic carbocycles. The van der Waals surface area contributed by atoms with Crippen LogP contribution < -0.4 is 0 Å². The Balaban J connectivity index is 1.42. The third-order valence-corrected chi connectivity index (χ3v) is 6.44. The number of rotatable bonds is 3. The molecule has 138 valence electrons. The maximum absolute atomic E-state index is 12.7. The summed E-state index contributed by atoms with van der Waals surface area (Å²) in [5, 5.41) is 0. The van der Waals surface area contributed by atoms with E-state index < -0.39 is 0 Å². The molecule has 2 saturated heterocycles. The zero-order valence-electron chi connectivity index (χ0n) is 15.5. The van der Waals surface area contributed by atoms with E-state index in [4.69, 9.17) is 9.72 Å². The number of likely N-dealkylation sites (tertiary alicyclic amines) is 1. The number of amides is 1. The molecule has 3 fully saturated rings. The molecule has 0 N–H and O–H groups in total. The number of nitrogens with zero attached hydrogens (tertiary/aromatic N) is 3. The van der Waals surface area contributed by atoms with Crippen molar-refractivity contribution in [2.45, 2.75) is 70.3 Å². The summed E-state index contributed by atoms with van der Waals surface area (Å²) in [5.74, 6) is 2.51. The maximum Gasteiger partial charge on any atom is 0.225 e. The number of aryl methyl sites for hydroxylation is 1. The number of carbonyl (C=O) groups excluding carboxylic acids is 1. The first kappa shape index (κ1) is 17.1. The van der Waals surface area contributed by atoms with E-state index in [0.29, 0.717) is 23.8 Å². The van der Waals surface area contributed by atoms with Gasteiger partial charge in [-0.2, -0.15) is 0 Å². The van der Waals surface area contributed by atoms with Crippen LogP contribution >= 0.6 is 0 Å². The molecule has 0 unspecified atom stereocenters. The van der Waals surface area contributed by atoms with Crippen LogP contribution in [-0.2, 0) is 9.53 Å². The van der Waals surface area contributed by atoms with Crippen LogP contribution in [0.1, 0.15) is 74.8 Å². The lowest BCUT2D eigenvalue weighted by molar-refractivity contribution is -0.136. The number of hydrogen-bond acceptors (Lipinski definition) is 3. The minimum atomic E-state index is 0.310. The summed E-state index contributed by atoms with van der Waals surface area (Å²) in [4.78, 5) is 19.6. The highest BCUT2D eigenvalue weighted by molar-refractivity contribution is 5.79. The van der Waals surface area contributed by atoms with E-state index in [1.807, 2.05) is 6.20 Å². The molecular formula is C20H31N3O2. The minimum absolute atomic E-state index is 0.310. The number of aromatic nitrogens is 2. The van der Waals surface area contributed by atoms with Crippen LogP contribution in [-0.4, -0.2) is 46.7 Å². The fourth-order valence-corrected chi connectivity index (χ4v) is 4.97. The zero-order chi connectivity index (χ0) is 17.2. The number of piperidine rings is 1. The highest BCUT2D eigenvalue weighted by Crippen LogP contribution is 2.34. The molecule has 3 heterocycles. The Kier molecular flexibility index (Phi) is 5.11. The summed E-state index contributed by atoms with van der Waals surface area (Å²) in [6, 6.07) is 0.493. The monoisotopic (exact) mass is 345 g/mol. The van der Waals surface area contributed by atoms with Crippen molar-refractivity contribution in [3.05, 3.63) is 17.7 Å². The molecule has 4 rings (SSSR count). The summed E-state index contributed by atoms with van der Waals surface area (Å²) >= 11 is 0. The molecule has 0 atom stereocenters. The van der Waals surface area contributed by atoms with Gasteiger partial charge < -0.3 is 14.2 Å². The summed E-state index contributed by atoms with van der Waals surface area (Å²) in [5.41, 5.74) is 1.27. The smallest absolute Gasteiger partial charge is 0.225 e. The lowest BCUT2D eigenvalue weighted by atomic mass is 9.97. The van der Waals surface area contributed by atoms with E-state index in [0.717, 1.165) is 64.8 Å².